The normalized spacial score (nSPS) is 10.9. The van der Waals surface area contributed by atoms with E-state index in [1.54, 1.807) is 43.3 Å². The van der Waals surface area contributed by atoms with Gasteiger partial charge in [0.2, 0.25) is 0 Å². The summed E-state index contributed by atoms with van der Waals surface area (Å²) in [5.74, 6) is -0.480. The Labute approximate surface area is 149 Å². The van der Waals surface area contributed by atoms with Crippen LogP contribution in [-0.4, -0.2) is 17.1 Å². The summed E-state index contributed by atoms with van der Waals surface area (Å²) in [6.45, 7) is 1.56. The summed E-state index contributed by atoms with van der Waals surface area (Å²) in [5.41, 5.74) is 5.53. The summed E-state index contributed by atoms with van der Waals surface area (Å²) < 4.78 is 19.0. The first-order valence-corrected chi connectivity index (χ1v) is 7.68. The maximum atomic E-state index is 13.5. The molecule has 0 aliphatic rings. The molecular weight excluding hydrogens is 343 g/mol. The number of rotatable bonds is 4. The molecule has 0 saturated carbocycles. The minimum Gasteiger partial charge on any atom is -0.481 e. The van der Waals surface area contributed by atoms with Crippen LogP contribution < -0.4 is 20.9 Å². The number of carbonyl (C=O) groups is 1. The number of hydrazine groups is 1. The second kappa shape index (κ2) is 8.61. The van der Waals surface area contributed by atoms with E-state index in [4.69, 9.17) is 22.2 Å². The fourth-order valence-corrected chi connectivity index (χ4v) is 1.96. The zero-order chi connectivity index (χ0) is 18.2. The molecule has 25 heavy (non-hydrogen) atoms. The van der Waals surface area contributed by atoms with Crippen LogP contribution in [0.4, 0.5) is 10.1 Å². The first-order chi connectivity index (χ1) is 12.0. The van der Waals surface area contributed by atoms with Gasteiger partial charge in [-0.25, -0.2) is 4.39 Å². The van der Waals surface area contributed by atoms with Crippen LogP contribution in [0, 0.1) is 17.1 Å². The van der Waals surface area contributed by atoms with Crippen molar-refractivity contribution in [3.63, 3.8) is 0 Å². The second-order valence-corrected chi connectivity index (χ2v) is 5.35. The Hall–Kier alpha value is -3.18. The maximum absolute atomic E-state index is 13.5. The van der Waals surface area contributed by atoms with Crippen molar-refractivity contribution in [1.82, 2.24) is 10.9 Å². The number of nitriles is 1. The number of para-hydroxylation sites is 1. The van der Waals surface area contributed by atoms with E-state index in [-0.39, 0.29) is 10.8 Å². The number of ether oxygens (including phenoxy) is 1. The molecule has 0 aliphatic heterocycles. The lowest BCUT2D eigenvalue weighted by molar-refractivity contribution is -0.127. The van der Waals surface area contributed by atoms with Crippen LogP contribution >= 0.6 is 12.2 Å². The molecule has 128 valence electrons. The Morgan fingerprint density at radius 1 is 1.20 bits per heavy atom. The Kier molecular flexibility index (Phi) is 6.26. The molecule has 0 radical (unpaired) electrons. The standard InChI is InChI=1S/C17H15FN4O2S/c1-11(24-13-8-6-12(10-19)7-9-13)16(23)21-22-17(25)20-15-5-3-2-4-14(15)18/h2-9,11H,1H3,(H,21,23)(H2,20,22,25)/t11-/m1/s1. The van der Waals surface area contributed by atoms with Crippen molar-refractivity contribution in [2.75, 3.05) is 5.32 Å². The number of hydrogen-bond donors (Lipinski definition) is 3. The Morgan fingerprint density at radius 2 is 1.88 bits per heavy atom. The lowest BCUT2D eigenvalue weighted by Crippen LogP contribution is -2.48. The van der Waals surface area contributed by atoms with E-state index < -0.39 is 17.8 Å². The summed E-state index contributed by atoms with van der Waals surface area (Å²) in [7, 11) is 0. The SMILES string of the molecule is C[C@@H](Oc1ccc(C#N)cc1)C(=O)NNC(=S)Nc1ccccc1F. The van der Waals surface area contributed by atoms with Gasteiger partial charge in [0, 0.05) is 0 Å². The number of nitrogens with zero attached hydrogens (tertiary/aromatic N) is 1. The van der Waals surface area contributed by atoms with E-state index >= 15 is 0 Å². The van der Waals surface area contributed by atoms with Gasteiger partial charge < -0.3 is 10.1 Å². The zero-order valence-corrected chi connectivity index (χ0v) is 14.1. The molecule has 1 atom stereocenters. The molecule has 0 bridgehead atoms. The van der Waals surface area contributed by atoms with Crippen molar-refractivity contribution >= 4 is 28.9 Å². The molecule has 0 fully saturated rings. The molecule has 1 amide bonds. The third-order valence-electron chi connectivity index (χ3n) is 3.09. The summed E-state index contributed by atoms with van der Waals surface area (Å²) in [6, 6.07) is 14.4. The first-order valence-electron chi connectivity index (χ1n) is 7.28. The monoisotopic (exact) mass is 358 g/mol. The summed E-state index contributed by atoms with van der Waals surface area (Å²) in [4.78, 5) is 12.0. The topological polar surface area (TPSA) is 86.2 Å². The summed E-state index contributed by atoms with van der Waals surface area (Å²) >= 11 is 4.98. The van der Waals surface area contributed by atoms with Crippen LogP contribution in [-0.2, 0) is 4.79 Å². The molecular formula is C17H15FN4O2S. The fraction of sp³-hybridized carbons (Fsp3) is 0.118. The van der Waals surface area contributed by atoms with Crippen molar-refractivity contribution in [3.05, 3.63) is 59.9 Å². The van der Waals surface area contributed by atoms with Gasteiger partial charge in [-0.05, 0) is 55.5 Å². The quantitative estimate of drug-likeness (QED) is 0.575. The molecule has 8 heteroatoms. The molecule has 0 aromatic heterocycles. The Bertz CT molecular complexity index is 805. The Morgan fingerprint density at radius 3 is 2.52 bits per heavy atom. The van der Waals surface area contributed by atoms with Gasteiger partial charge in [-0.15, -0.1) is 0 Å². The second-order valence-electron chi connectivity index (χ2n) is 4.94. The number of hydrogen-bond acceptors (Lipinski definition) is 4. The highest BCUT2D eigenvalue weighted by Crippen LogP contribution is 2.13. The first kappa shape index (κ1) is 18.2. The van der Waals surface area contributed by atoms with Crippen molar-refractivity contribution in [2.24, 2.45) is 0 Å². The molecule has 2 aromatic carbocycles. The van der Waals surface area contributed by atoms with E-state index in [0.717, 1.165) is 0 Å². The number of nitrogens with one attached hydrogen (secondary N) is 3. The molecule has 0 saturated heterocycles. The van der Waals surface area contributed by atoms with Crippen molar-refractivity contribution in [1.29, 1.82) is 5.26 Å². The highest BCUT2D eigenvalue weighted by atomic mass is 32.1. The minimum atomic E-state index is -0.809. The predicted octanol–water partition coefficient (Wildman–Crippen LogP) is 2.48. The van der Waals surface area contributed by atoms with Crippen LogP contribution in [0.2, 0.25) is 0 Å². The van der Waals surface area contributed by atoms with Crippen LogP contribution in [0.25, 0.3) is 0 Å². The van der Waals surface area contributed by atoms with Crippen LogP contribution in [0.5, 0.6) is 5.75 Å². The maximum Gasteiger partial charge on any atom is 0.279 e. The van der Waals surface area contributed by atoms with Crippen molar-refractivity contribution in [3.8, 4) is 11.8 Å². The number of amides is 1. The summed E-state index contributed by atoms with van der Waals surface area (Å²) in [5, 5.41) is 11.4. The Balaban J connectivity index is 1.81. The van der Waals surface area contributed by atoms with Gasteiger partial charge >= 0.3 is 0 Å². The number of benzene rings is 2. The average Bonchev–Trinajstić information content (AvgIpc) is 2.62. The van der Waals surface area contributed by atoms with Gasteiger partial charge in [0.25, 0.3) is 5.91 Å². The van der Waals surface area contributed by atoms with Gasteiger partial charge in [0.15, 0.2) is 11.2 Å². The van der Waals surface area contributed by atoms with Crippen LogP contribution in [0.3, 0.4) is 0 Å². The van der Waals surface area contributed by atoms with Gasteiger partial charge in [-0.1, -0.05) is 12.1 Å². The number of carbonyl (C=O) groups excluding carboxylic acids is 1. The molecule has 6 nitrogen and oxygen atoms in total. The molecule has 0 spiro atoms. The van der Waals surface area contributed by atoms with Gasteiger partial charge in [0.05, 0.1) is 17.3 Å². The van der Waals surface area contributed by atoms with Gasteiger partial charge in [0.1, 0.15) is 11.6 Å². The molecule has 2 aromatic rings. The van der Waals surface area contributed by atoms with E-state index in [2.05, 4.69) is 16.2 Å². The lowest BCUT2D eigenvalue weighted by Gasteiger charge is -2.16. The lowest BCUT2D eigenvalue weighted by atomic mass is 10.2. The van der Waals surface area contributed by atoms with E-state index in [0.29, 0.717) is 11.3 Å². The third kappa shape index (κ3) is 5.44. The number of halogens is 1. The predicted molar refractivity (Wildman–Crippen MR) is 95.1 cm³/mol. The minimum absolute atomic E-state index is 0.0315. The molecule has 0 unspecified atom stereocenters. The molecule has 0 aliphatic carbocycles. The van der Waals surface area contributed by atoms with Crippen LogP contribution in [0.1, 0.15) is 12.5 Å². The van der Waals surface area contributed by atoms with Crippen LogP contribution in [0.15, 0.2) is 48.5 Å². The molecule has 2 rings (SSSR count). The van der Waals surface area contributed by atoms with Crippen molar-refractivity contribution < 1.29 is 13.9 Å². The highest BCUT2D eigenvalue weighted by molar-refractivity contribution is 7.80. The van der Waals surface area contributed by atoms with E-state index in [1.807, 2.05) is 6.07 Å². The number of anilines is 1. The van der Waals surface area contributed by atoms with E-state index in [1.165, 1.54) is 12.1 Å². The fourth-order valence-electron chi connectivity index (χ4n) is 1.80. The molecule has 3 N–H and O–H groups in total. The summed E-state index contributed by atoms with van der Waals surface area (Å²) in [6.07, 6.45) is -0.809. The smallest absolute Gasteiger partial charge is 0.279 e. The van der Waals surface area contributed by atoms with Gasteiger partial charge in [-0.2, -0.15) is 5.26 Å². The van der Waals surface area contributed by atoms with Gasteiger partial charge in [-0.3, -0.25) is 15.6 Å². The zero-order valence-electron chi connectivity index (χ0n) is 13.2. The largest absolute Gasteiger partial charge is 0.481 e. The molecule has 0 heterocycles. The number of thiocarbonyl (C=S) groups is 1. The van der Waals surface area contributed by atoms with E-state index in [9.17, 15) is 9.18 Å². The highest BCUT2D eigenvalue weighted by Gasteiger charge is 2.15. The third-order valence-corrected chi connectivity index (χ3v) is 3.29. The average molecular weight is 358 g/mol. The van der Waals surface area contributed by atoms with Crippen molar-refractivity contribution in [2.45, 2.75) is 13.0 Å².